The minimum Gasteiger partial charge on any atom is -0.493 e. The third kappa shape index (κ3) is 2.90. The lowest BCUT2D eigenvalue weighted by Gasteiger charge is -2.23. The molecule has 0 radical (unpaired) electrons. The maximum Gasteiger partial charge on any atom is 0.203 e. The van der Waals surface area contributed by atoms with E-state index in [1.165, 1.54) is 0 Å². The van der Waals surface area contributed by atoms with Crippen molar-refractivity contribution >= 4 is 5.82 Å². The number of methoxy groups -OCH3 is 3. The first-order valence-corrected chi connectivity index (χ1v) is 8.62. The summed E-state index contributed by atoms with van der Waals surface area (Å²) in [6.07, 6.45) is 4.04. The van der Waals surface area contributed by atoms with Crippen LogP contribution >= 0.6 is 0 Å². The van der Waals surface area contributed by atoms with Gasteiger partial charge in [0.2, 0.25) is 5.75 Å². The monoisotopic (exact) mass is 353 g/mol. The SMILES string of the molecule is CNc1nc2c(c(-c3cc(OC)c(OC)c(OC)c3)c1C#N)CCCC2. The van der Waals surface area contributed by atoms with Crippen molar-refractivity contribution in [3.63, 3.8) is 0 Å². The van der Waals surface area contributed by atoms with Crippen molar-refractivity contribution < 1.29 is 14.2 Å². The molecule has 6 nitrogen and oxygen atoms in total. The molecule has 0 unspecified atom stereocenters. The van der Waals surface area contributed by atoms with Gasteiger partial charge in [0.1, 0.15) is 17.5 Å². The van der Waals surface area contributed by atoms with Crippen LogP contribution in [0.2, 0.25) is 0 Å². The van der Waals surface area contributed by atoms with Gasteiger partial charge >= 0.3 is 0 Å². The number of fused-ring (bicyclic) bond motifs is 1. The van der Waals surface area contributed by atoms with Crippen LogP contribution in [-0.4, -0.2) is 33.4 Å². The second-order valence-corrected chi connectivity index (χ2v) is 6.12. The summed E-state index contributed by atoms with van der Waals surface area (Å²) < 4.78 is 16.4. The van der Waals surface area contributed by atoms with Crippen LogP contribution in [-0.2, 0) is 12.8 Å². The first-order valence-electron chi connectivity index (χ1n) is 8.62. The summed E-state index contributed by atoms with van der Waals surface area (Å²) in [5.74, 6) is 2.28. The van der Waals surface area contributed by atoms with E-state index in [4.69, 9.17) is 14.2 Å². The van der Waals surface area contributed by atoms with Gasteiger partial charge in [-0.1, -0.05) is 0 Å². The van der Waals surface area contributed by atoms with Crippen molar-refractivity contribution in [1.82, 2.24) is 4.98 Å². The van der Waals surface area contributed by atoms with E-state index in [1.807, 2.05) is 12.1 Å². The molecule has 1 N–H and O–H groups in total. The highest BCUT2D eigenvalue weighted by atomic mass is 16.5. The molecule has 6 heteroatoms. The van der Waals surface area contributed by atoms with Crippen LogP contribution in [0, 0.1) is 11.3 Å². The highest BCUT2D eigenvalue weighted by Gasteiger charge is 2.24. The van der Waals surface area contributed by atoms with E-state index >= 15 is 0 Å². The molecule has 1 heterocycles. The van der Waals surface area contributed by atoms with Gasteiger partial charge in [-0.2, -0.15) is 5.26 Å². The van der Waals surface area contributed by atoms with E-state index in [2.05, 4.69) is 16.4 Å². The number of aromatic nitrogens is 1. The summed E-state index contributed by atoms with van der Waals surface area (Å²) in [6, 6.07) is 6.12. The van der Waals surface area contributed by atoms with Gasteiger partial charge in [-0.25, -0.2) is 4.98 Å². The van der Waals surface area contributed by atoms with E-state index in [1.54, 1.807) is 28.4 Å². The topological polar surface area (TPSA) is 76.4 Å². The quantitative estimate of drug-likeness (QED) is 0.886. The van der Waals surface area contributed by atoms with Crippen LogP contribution in [0.15, 0.2) is 12.1 Å². The number of anilines is 1. The number of rotatable bonds is 5. The molecule has 0 spiro atoms. The van der Waals surface area contributed by atoms with Crippen LogP contribution in [0.25, 0.3) is 11.1 Å². The zero-order valence-corrected chi connectivity index (χ0v) is 15.6. The molecule has 1 aliphatic rings. The van der Waals surface area contributed by atoms with Crippen molar-refractivity contribution in [3.8, 4) is 34.4 Å². The molecule has 0 saturated carbocycles. The number of nitriles is 1. The summed E-state index contributed by atoms with van der Waals surface area (Å²) in [4.78, 5) is 4.69. The fourth-order valence-corrected chi connectivity index (χ4v) is 3.58. The standard InChI is InChI=1S/C20H23N3O3/c1-22-20-14(11-21)18(13-7-5-6-8-15(13)23-20)12-9-16(24-2)19(26-4)17(10-12)25-3/h9-10H,5-8H2,1-4H3,(H,22,23). The molecular weight excluding hydrogens is 330 g/mol. The van der Waals surface area contributed by atoms with Crippen LogP contribution in [0.3, 0.4) is 0 Å². The Balaban J connectivity index is 2.34. The Kier molecular flexibility index (Phi) is 5.17. The average Bonchev–Trinajstić information content (AvgIpc) is 2.70. The van der Waals surface area contributed by atoms with Gasteiger partial charge in [0.05, 0.1) is 21.3 Å². The maximum absolute atomic E-state index is 9.83. The van der Waals surface area contributed by atoms with Gasteiger partial charge < -0.3 is 19.5 Å². The van der Waals surface area contributed by atoms with Crippen molar-refractivity contribution in [3.05, 3.63) is 29.0 Å². The summed E-state index contributed by atoms with van der Waals surface area (Å²) >= 11 is 0. The van der Waals surface area contributed by atoms with Gasteiger partial charge in [-0.05, 0) is 48.9 Å². The van der Waals surface area contributed by atoms with Crippen LogP contribution in [0.5, 0.6) is 17.2 Å². The molecule has 0 amide bonds. The van der Waals surface area contributed by atoms with Crippen LogP contribution in [0.4, 0.5) is 5.82 Å². The zero-order chi connectivity index (χ0) is 18.7. The number of pyridine rings is 1. The third-order valence-corrected chi connectivity index (χ3v) is 4.78. The molecular formula is C20H23N3O3. The van der Waals surface area contributed by atoms with E-state index in [-0.39, 0.29) is 0 Å². The fourth-order valence-electron chi connectivity index (χ4n) is 3.58. The number of nitrogens with zero attached hydrogens (tertiary/aromatic N) is 2. The predicted molar refractivity (Wildman–Crippen MR) is 100 cm³/mol. The van der Waals surface area contributed by atoms with E-state index in [0.29, 0.717) is 28.6 Å². The molecule has 136 valence electrons. The minimum atomic E-state index is 0.536. The lowest BCUT2D eigenvalue weighted by atomic mass is 9.86. The van der Waals surface area contributed by atoms with Gasteiger partial charge in [0.25, 0.3) is 0 Å². The Hall–Kier alpha value is -2.94. The van der Waals surface area contributed by atoms with Crippen LogP contribution < -0.4 is 19.5 Å². The Labute approximate surface area is 153 Å². The Morgan fingerprint density at radius 1 is 1.04 bits per heavy atom. The lowest BCUT2D eigenvalue weighted by Crippen LogP contribution is -2.12. The minimum absolute atomic E-state index is 0.536. The smallest absolute Gasteiger partial charge is 0.203 e. The predicted octanol–water partition coefficient (Wildman–Crippen LogP) is 3.57. The number of hydrogen-bond donors (Lipinski definition) is 1. The van der Waals surface area contributed by atoms with Crippen molar-refractivity contribution in [2.75, 3.05) is 33.7 Å². The van der Waals surface area contributed by atoms with E-state index in [0.717, 1.165) is 48.1 Å². The van der Waals surface area contributed by atoms with E-state index in [9.17, 15) is 5.26 Å². The molecule has 3 rings (SSSR count). The molecule has 0 bridgehead atoms. The number of nitrogens with one attached hydrogen (secondary N) is 1. The largest absolute Gasteiger partial charge is 0.493 e. The molecule has 1 aromatic carbocycles. The summed E-state index contributed by atoms with van der Waals surface area (Å²) in [6.45, 7) is 0. The van der Waals surface area contributed by atoms with Gasteiger partial charge in [0, 0.05) is 18.3 Å². The van der Waals surface area contributed by atoms with Crippen LogP contribution in [0.1, 0.15) is 29.7 Å². The van der Waals surface area contributed by atoms with Crippen molar-refractivity contribution in [1.29, 1.82) is 5.26 Å². The molecule has 0 saturated heterocycles. The molecule has 26 heavy (non-hydrogen) atoms. The molecule has 1 aromatic heterocycles. The number of benzene rings is 1. The maximum atomic E-state index is 9.83. The first kappa shape index (κ1) is 17.9. The highest BCUT2D eigenvalue weighted by Crippen LogP contribution is 2.44. The summed E-state index contributed by atoms with van der Waals surface area (Å²) in [7, 11) is 6.55. The summed E-state index contributed by atoms with van der Waals surface area (Å²) in [5, 5.41) is 12.9. The lowest BCUT2D eigenvalue weighted by molar-refractivity contribution is 0.324. The number of hydrogen-bond acceptors (Lipinski definition) is 6. The second-order valence-electron chi connectivity index (χ2n) is 6.12. The zero-order valence-electron chi connectivity index (χ0n) is 15.6. The highest BCUT2D eigenvalue weighted by molar-refractivity contribution is 5.82. The van der Waals surface area contributed by atoms with Gasteiger partial charge in [0.15, 0.2) is 11.5 Å². The number of ether oxygens (including phenoxy) is 3. The van der Waals surface area contributed by atoms with Gasteiger partial charge in [-0.15, -0.1) is 0 Å². The van der Waals surface area contributed by atoms with E-state index < -0.39 is 0 Å². The van der Waals surface area contributed by atoms with Gasteiger partial charge in [-0.3, -0.25) is 0 Å². The summed E-state index contributed by atoms with van der Waals surface area (Å²) in [5.41, 5.74) is 4.51. The molecule has 0 fully saturated rings. The third-order valence-electron chi connectivity index (χ3n) is 4.78. The molecule has 1 aliphatic carbocycles. The Bertz CT molecular complexity index is 847. The first-order chi connectivity index (χ1) is 12.7. The molecule has 2 aromatic rings. The molecule has 0 atom stereocenters. The molecule has 0 aliphatic heterocycles. The Morgan fingerprint density at radius 2 is 1.69 bits per heavy atom. The van der Waals surface area contributed by atoms with Crippen molar-refractivity contribution in [2.24, 2.45) is 0 Å². The average molecular weight is 353 g/mol. The fraction of sp³-hybridized carbons (Fsp3) is 0.400. The normalized spacial score (nSPS) is 12.7. The number of aryl methyl sites for hydroxylation is 1. The Morgan fingerprint density at radius 3 is 2.23 bits per heavy atom. The van der Waals surface area contributed by atoms with Crippen molar-refractivity contribution in [2.45, 2.75) is 25.7 Å². The second kappa shape index (κ2) is 7.52.